The van der Waals surface area contributed by atoms with Gasteiger partial charge in [-0.3, -0.25) is 4.40 Å². The van der Waals surface area contributed by atoms with E-state index in [9.17, 15) is 8.78 Å². The fourth-order valence-corrected chi connectivity index (χ4v) is 2.65. The molecule has 0 saturated carbocycles. The van der Waals surface area contributed by atoms with Crippen LogP contribution in [0.25, 0.3) is 4.96 Å². The maximum absolute atomic E-state index is 13.5. The van der Waals surface area contributed by atoms with Crippen LogP contribution in [0.1, 0.15) is 5.69 Å². The van der Waals surface area contributed by atoms with Gasteiger partial charge in [-0.1, -0.05) is 6.07 Å². The number of imidazole rings is 1. The van der Waals surface area contributed by atoms with Crippen molar-refractivity contribution in [2.75, 3.05) is 0 Å². The average molecular weight is 301 g/mol. The van der Waals surface area contributed by atoms with Crippen molar-refractivity contribution in [2.45, 2.75) is 5.88 Å². The van der Waals surface area contributed by atoms with Crippen molar-refractivity contribution < 1.29 is 13.5 Å². The average Bonchev–Trinajstić information content (AvgIpc) is 2.95. The zero-order valence-electron chi connectivity index (χ0n) is 9.44. The molecule has 3 aromatic rings. The molecule has 0 bridgehead atoms. The molecule has 3 rings (SSSR count). The Labute approximate surface area is 116 Å². The Bertz CT molecular complexity index is 740. The maximum atomic E-state index is 13.5. The van der Waals surface area contributed by atoms with E-state index in [4.69, 9.17) is 16.3 Å². The molecule has 0 unspecified atom stereocenters. The van der Waals surface area contributed by atoms with Crippen molar-refractivity contribution in [3.63, 3.8) is 0 Å². The molecular formula is C12H7ClF2N2OS. The lowest BCUT2D eigenvalue weighted by molar-refractivity contribution is 0.405. The van der Waals surface area contributed by atoms with E-state index >= 15 is 0 Å². The Morgan fingerprint density at radius 2 is 2.21 bits per heavy atom. The van der Waals surface area contributed by atoms with Gasteiger partial charge in [-0.15, -0.1) is 22.9 Å². The molecule has 0 aliphatic heterocycles. The summed E-state index contributed by atoms with van der Waals surface area (Å²) in [5.41, 5.74) is 0.599. The van der Waals surface area contributed by atoms with E-state index < -0.39 is 11.6 Å². The highest BCUT2D eigenvalue weighted by Gasteiger charge is 2.17. The topological polar surface area (TPSA) is 26.5 Å². The van der Waals surface area contributed by atoms with E-state index in [2.05, 4.69) is 4.98 Å². The number of ether oxygens (including phenoxy) is 1. The number of hydrogen-bond donors (Lipinski definition) is 0. The Balaban J connectivity index is 2.05. The van der Waals surface area contributed by atoms with E-state index in [1.165, 1.54) is 23.5 Å². The molecule has 0 amide bonds. The normalized spacial score (nSPS) is 11.1. The van der Waals surface area contributed by atoms with Gasteiger partial charge < -0.3 is 4.74 Å². The van der Waals surface area contributed by atoms with Crippen LogP contribution in [0.5, 0.6) is 11.6 Å². The van der Waals surface area contributed by atoms with Crippen LogP contribution in [0.15, 0.2) is 29.8 Å². The molecular weight excluding hydrogens is 294 g/mol. The molecule has 0 N–H and O–H groups in total. The summed E-state index contributed by atoms with van der Waals surface area (Å²) >= 11 is 7.24. The van der Waals surface area contributed by atoms with Crippen LogP contribution in [0.4, 0.5) is 8.78 Å². The van der Waals surface area contributed by atoms with Crippen molar-refractivity contribution in [1.29, 1.82) is 0 Å². The van der Waals surface area contributed by atoms with Crippen LogP contribution in [-0.2, 0) is 5.88 Å². The lowest BCUT2D eigenvalue weighted by atomic mass is 10.3. The largest absolute Gasteiger partial charge is 0.434 e. The summed E-state index contributed by atoms with van der Waals surface area (Å²) in [6, 6.07) is 3.73. The van der Waals surface area contributed by atoms with Crippen molar-refractivity contribution in [3.8, 4) is 11.6 Å². The molecule has 0 atom stereocenters. The van der Waals surface area contributed by atoms with Crippen LogP contribution in [0.3, 0.4) is 0 Å². The molecule has 2 aromatic heterocycles. The minimum Gasteiger partial charge on any atom is -0.434 e. The molecule has 0 radical (unpaired) electrons. The molecule has 2 heterocycles. The fraction of sp³-hybridized carbons (Fsp3) is 0.0833. The number of nitrogens with zero attached hydrogens (tertiary/aromatic N) is 2. The van der Waals surface area contributed by atoms with Crippen LogP contribution in [0, 0.1) is 11.6 Å². The zero-order chi connectivity index (χ0) is 13.4. The maximum Gasteiger partial charge on any atom is 0.243 e. The minimum absolute atomic E-state index is 0.157. The van der Waals surface area contributed by atoms with E-state index in [0.29, 0.717) is 10.7 Å². The highest BCUT2D eigenvalue weighted by Crippen LogP contribution is 2.30. The quantitative estimate of drug-likeness (QED) is 0.678. The first-order chi connectivity index (χ1) is 9.20. The monoisotopic (exact) mass is 300 g/mol. The molecule has 0 spiro atoms. The highest BCUT2D eigenvalue weighted by molar-refractivity contribution is 7.15. The number of thiazole rings is 1. The number of halogens is 3. The molecule has 0 aliphatic carbocycles. The molecule has 19 heavy (non-hydrogen) atoms. The summed E-state index contributed by atoms with van der Waals surface area (Å²) in [5.74, 6) is -1.88. The number of benzene rings is 1. The summed E-state index contributed by atoms with van der Waals surface area (Å²) in [6.45, 7) is 0. The third-order valence-corrected chi connectivity index (χ3v) is 3.58. The number of hydrogen-bond acceptors (Lipinski definition) is 3. The van der Waals surface area contributed by atoms with Crippen molar-refractivity contribution in [2.24, 2.45) is 0 Å². The second-order valence-corrected chi connectivity index (χ2v) is 4.85. The number of alkyl halides is 1. The highest BCUT2D eigenvalue weighted by atomic mass is 35.5. The summed E-state index contributed by atoms with van der Waals surface area (Å²) in [5, 5.41) is 1.85. The molecule has 3 nitrogen and oxygen atoms in total. The Morgan fingerprint density at radius 1 is 1.37 bits per heavy atom. The van der Waals surface area contributed by atoms with Crippen LogP contribution >= 0.6 is 22.9 Å². The third-order valence-electron chi connectivity index (χ3n) is 2.57. The molecule has 98 valence electrons. The van der Waals surface area contributed by atoms with Gasteiger partial charge in [0.15, 0.2) is 16.5 Å². The first kappa shape index (κ1) is 12.4. The predicted octanol–water partition coefficient (Wildman–Crippen LogP) is 4.21. The smallest absolute Gasteiger partial charge is 0.243 e. The van der Waals surface area contributed by atoms with Gasteiger partial charge in [0.2, 0.25) is 11.7 Å². The van der Waals surface area contributed by atoms with Crippen molar-refractivity contribution in [1.82, 2.24) is 9.38 Å². The summed E-state index contributed by atoms with van der Waals surface area (Å²) in [7, 11) is 0. The van der Waals surface area contributed by atoms with Crippen LogP contribution in [-0.4, -0.2) is 9.38 Å². The molecule has 0 saturated heterocycles. The summed E-state index contributed by atoms with van der Waals surface area (Å²) < 4.78 is 33.7. The van der Waals surface area contributed by atoms with Gasteiger partial charge in [0.1, 0.15) is 5.69 Å². The Kier molecular flexibility index (Phi) is 3.12. The summed E-state index contributed by atoms with van der Waals surface area (Å²) in [6.07, 6.45) is 1.79. The third kappa shape index (κ3) is 2.06. The minimum atomic E-state index is -1.04. The van der Waals surface area contributed by atoms with Crippen molar-refractivity contribution in [3.05, 3.63) is 47.1 Å². The molecule has 7 heteroatoms. The second-order valence-electron chi connectivity index (χ2n) is 3.71. The Hall–Kier alpha value is -1.66. The van der Waals surface area contributed by atoms with Crippen LogP contribution in [0.2, 0.25) is 0 Å². The lowest BCUT2D eigenvalue weighted by Crippen LogP contribution is -1.94. The van der Waals surface area contributed by atoms with Gasteiger partial charge in [-0.2, -0.15) is 9.37 Å². The van der Waals surface area contributed by atoms with E-state index in [-0.39, 0.29) is 17.5 Å². The summed E-state index contributed by atoms with van der Waals surface area (Å²) in [4.78, 5) is 4.88. The number of fused-ring (bicyclic) bond motifs is 1. The first-order valence-corrected chi connectivity index (χ1v) is 6.74. The fourth-order valence-electron chi connectivity index (χ4n) is 1.68. The van der Waals surface area contributed by atoms with Gasteiger partial charge in [0.25, 0.3) is 0 Å². The van der Waals surface area contributed by atoms with Crippen molar-refractivity contribution >= 4 is 27.9 Å². The zero-order valence-corrected chi connectivity index (χ0v) is 11.0. The van der Waals surface area contributed by atoms with Gasteiger partial charge in [-0.25, -0.2) is 4.39 Å². The van der Waals surface area contributed by atoms with E-state index in [1.807, 2.05) is 5.38 Å². The second kappa shape index (κ2) is 4.79. The Morgan fingerprint density at radius 3 is 3.00 bits per heavy atom. The lowest BCUT2D eigenvalue weighted by Gasteiger charge is -2.05. The molecule has 1 aromatic carbocycles. The van der Waals surface area contributed by atoms with E-state index in [1.54, 1.807) is 10.6 Å². The van der Waals surface area contributed by atoms with Crippen LogP contribution < -0.4 is 4.74 Å². The molecule has 0 fully saturated rings. The first-order valence-electron chi connectivity index (χ1n) is 5.33. The SMILES string of the molecule is Fc1cccc(Oc2nc3sccn3c2CCl)c1F. The van der Waals surface area contributed by atoms with Gasteiger partial charge in [0, 0.05) is 11.6 Å². The van der Waals surface area contributed by atoms with Gasteiger partial charge in [-0.05, 0) is 12.1 Å². The van der Waals surface area contributed by atoms with E-state index in [0.717, 1.165) is 6.07 Å². The predicted molar refractivity (Wildman–Crippen MR) is 69.1 cm³/mol. The molecule has 0 aliphatic rings. The van der Waals surface area contributed by atoms with Gasteiger partial charge in [0.05, 0.1) is 5.88 Å². The number of aromatic nitrogens is 2. The standard InChI is InChI=1S/C12H7ClF2N2OS/c13-6-8-11(16-12-17(8)4-5-19-12)18-9-3-1-2-7(14)10(9)15/h1-5H,6H2. The van der Waals surface area contributed by atoms with Gasteiger partial charge >= 0.3 is 0 Å². The number of rotatable bonds is 3.